The number of rotatable bonds is 5. The first-order chi connectivity index (χ1) is 13.3. The highest BCUT2D eigenvalue weighted by molar-refractivity contribution is 5.93. The highest BCUT2D eigenvalue weighted by Gasteiger charge is 2.25. The minimum atomic E-state index is 0.0841. The quantitative estimate of drug-likeness (QED) is 0.805. The molecule has 2 aromatic heterocycles. The molecule has 7 heteroatoms. The molecule has 1 amide bonds. The smallest absolute Gasteiger partial charge is 0.255 e. The zero-order chi connectivity index (χ0) is 18.5. The van der Waals surface area contributed by atoms with Gasteiger partial charge in [-0.25, -0.2) is 0 Å². The zero-order valence-corrected chi connectivity index (χ0v) is 15.5. The van der Waals surface area contributed by atoms with Gasteiger partial charge in [0.25, 0.3) is 5.91 Å². The van der Waals surface area contributed by atoms with Gasteiger partial charge in [-0.15, -0.1) is 0 Å². The number of piperidine rings is 1. The Bertz CT molecular complexity index is 735. The SMILES string of the molecule is O=C(c1cccnc1)N1CCC(CCc2noc(C3CCOCC3)n2)CC1. The summed E-state index contributed by atoms with van der Waals surface area (Å²) in [6.07, 6.45) is 9.19. The third-order valence-corrected chi connectivity index (χ3v) is 5.64. The van der Waals surface area contributed by atoms with Crippen molar-refractivity contribution in [2.75, 3.05) is 26.3 Å². The standard InChI is InChI=1S/C20H26N4O3/c25-20(17-2-1-9-21-14-17)24-10-5-15(6-11-24)3-4-18-22-19(27-23-18)16-7-12-26-13-8-16/h1-2,9,14-16H,3-8,10-13H2. The van der Waals surface area contributed by atoms with Gasteiger partial charge in [0, 0.05) is 51.0 Å². The Balaban J connectivity index is 1.23. The number of hydrogen-bond acceptors (Lipinski definition) is 6. The molecule has 7 nitrogen and oxygen atoms in total. The van der Waals surface area contributed by atoms with E-state index in [1.165, 1.54) is 0 Å². The number of likely N-dealkylation sites (tertiary alicyclic amines) is 1. The number of nitrogens with zero attached hydrogens (tertiary/aromatic N) is 4. The Hall–Kier alpha value is -2.28. The van der Waals surface area contributed by atoms with Gasteiger partial charge in [-0.05, 0) is 50.2 Å². The number of amides is 1. The van der Waals surface area contributed by atoms with Crippen LogP contribution in [0.4, 0.5) is 0 Å². The fourth-order valence-electron chi connectivity index (χ4n) is 3.91. The normalized spacial score (nSPS) is 19.3. The van der Waals surface area contributed by atoms with Crippen LogP contribution >= 0.6 is 0 Å². The molecule has 0 atom stereocenters. The van der Waals surface area contributed by atoms with Crippen LogP contribution in [-0.4, -0.2) is 52.2 Å². The van der Waals surface area contributed by atoms with Gasteiger partial charge >= 0.3 is 0 Å². The van der Waals surface area contributed by atoms with Crippen LogP contribution < -0.4 is 0 Å². The van der Waals surface area contributed by atoms with Crippen LogP contribution in [0.2, 0.25) is 0 Å². The third-order valence-electron chi connectivity index (χ3n) is 5.64. The van der Waals surface area contributed by atoms with Crippen molar-refractivity contribution < 1.29 is 14.1 Å². The maximum atomic E-state index is 12.5. The number of aryl methyl sites for hydroxylation is 1. The van der Waals surface area contributed by atoms with Crippen molar-refractivity contribution in [3.63, 3.8) is 0 Å². The Kier molecular flexibility index (Phi) is 5.77. The lowest BCUT2D eigenvalue weighted by Crippen LogP contribution is -2.38. The number of pyridine rings is 1. The van der Waals surface area contributed by atoms with E-state index in [2.05, 4.69) is 15.1 Å². The van der Waals surface area contributed by atoms with Crippen molar-refractivity contribution >= 4 is 5.91 Å². The molecule has 2 aliphatic heterocycles. The van der Waals surface area contributed by atoms with E-state index in [1.807, 2.05) is 11.0 Å². The van der Waals surface area contributed by atoms with E-state index >= 15 is 0 Å². The van der Waals surface area contributed by atoms with Crippen LogP contribution in [0.5, 0.6) is 0 Å². The van der Waals surface area contributed by atoms with Gasteiger partial charge < -0.3 is 14.2 Å². The predicted molar refractivity (Wildman–Crippen MR) is 98.3 cm³/mol. The molecule has 2 aliphatic rings. The maximum Gasteiger partial charge on any atom is 0.255 e. The lowest BCUT2D eigenvalue weighted by Gasteiger charge is -2.31. The first kappa shape index (κ1) is 18.1. The van der Waals surface area contributed by atoms with E-state index in [9.17, 15) is 4.79 Å². The molecule has 2 fully saturated rings. The van der Waals surface area contributed by atoms with Crippen molar-refractivity contribution in [1.82, 2.24) is 20.0 Å². The lowest BCUT2D eigenvalue weighted by molar-refractivity contribution is 0.0686. The van der Waals surface area contributed by atoms with Crippen LogP contribution in [0.15, 0.2) is 29.0 Å². The van der Waals surface area contributed by atoms with E-state index < -0.39 is 0 Å². The first-order valence-corrected chi connectivity index (χ1v) is 9.89. The minimum absolute atomic E-state index is 0.0841. The molecule has 0 N–H and O–H groups in total. The van der Waals surface area contributed by atoms with Gasteiger partial charge in [0.15, 0.2) is 5.82 Å². The lowest BCUT2D eigenvalue weighted by atomic mass is 9.92. The molecule has 0 unspecified atom stereocenters. The van der Waals surface area contributed by atoms with Crippen molar-refractivity contribution in [2.45, 2.75) is 44.4 Å². The molecule has 0 radical (unpaired) electrons. The number of ether oxygens (including phenoxy) is 1. The highest BCUT2D eigenvalue weighted by Crippen LogP contribution is 2.26. The molecular formula is C20H26N4O3. The maximum absolute atomic E-state index is 12.5. The molecular weight excluding hydrogens is 344 g/mol. The second-order valence-corrected chi connectivity index (χ2v) is 7.45. The van der Waals surface area contributed by atoms with Crippen LogP contribution in [-0.2, 0) is 11.2 Å². The van der Waals surface area contributed by atoms with Gasteiger partial charge in [-0.2, -0.15) is 4.98 Å². The summed E-state index contributed by atoms with van der Waals surface area (Å²) < 4.78 is 10.9. The molecule has 0 spiro atoms. The van der Waals surface area contributed by atoms with Crippen LogP contribution in [0.1, 0.15) is 60.1 Å². The molecule has 144 valence electrons. The van der Waals surface area contributed by atoms with E-state index in [1.54, 1.807) is 18.5 Å². The van der Waals surface area contributed by atoms with E-state index in [-0.39, 0.29) is 5.91 Å². The second kappa shape index (κ2) is 8.61. The fourth-order valence-corrected chi connectivity index (χ4v) is 3.91. The summed E-state index contributed by atoms with van der Waals surface area (Å²) in [6.45, 7) is 3.16. The van der Waals surface area contributed by atoms with Gasteiger partial charge in [-0.1, -0.05) is 5.16 Å². The van der Waals surface area contributed by atoms with Crippen LogP contribution in [0.25, 0.3) is 0 Å². The molecule has 2 aromatic rings. The van der Waals surface area contributed by atoms with Crippen molar-refractivity contribution in [3.8, 4) is 0 Å². The highest BCUT2D eigenvalue weighted by atomic mass is 16.5. The third kappa shape index (κ3) is 4.53. The van der Waals surface area contributed by atoms with Crippen molar-refractivity contribution in [3.05, 3.63) is 41.8 Å². The molecule has 0 bridgehead atoms. The topological polar surface area (TPSA) is 81.4 Å². The largest absolute Gasteiger partial charge is 0.381 e. The summed E-state index contributed by atoms with van der Waals surface area (Å²) in [5.41, 5.74) is 0.670. The Morgan fingerprint density at radius 1 is 1.19 bits per heavy atom. The zero-order valence-electron chi connectivity index (χ0n) is 15.5. The van der Waals surface area contributed by atoms with Gasteiger partial charge in [-0.3, -0.25) is 9.78 Å². The average Bonchev–Trinajstić information content (AvgIpc) is 3.22. The number of carbonyl (C=O) groups is 1. The summed E-state index contributed by atoms with van der Waals surface area (Å²) in [5.74, 6) is 2.62. The summed E-state index contributed by atoms with van der Waals surface area (Å²) in [5, 5.41) is 4.16. The summed E-state index contributed by atoms with van der Waals surface area (Å²) in [7, 11) is 0. The Labute approximate surface area is 159 Å². The van der Waals surface area contributed by atoms with Crippen molar-refractivity contribution in [1.29, 1.82) is 0 Å². The van der Waals surface area contributed by atoms with Gasteiger partial charge in [0.2, 0.25) is 5.89 Å². The molecule has 0 aromatic carbocycles. The van der Waals surface area contributed by atoms with Crippen molar-refractivity contribution in [2.24, 2.45) is 5.92 Å². The fraction of sp³-hybridized carbons (Fsp3) is 0.600. The minimum Gasteiger partial charge on any atom is -0.381 e. The summed E-state index contributed by atoms with van der Waals surface area (Å²) in [6, 6.07) is 3.63. The van der Waals surface area contributed by atoms with E-state index in [0.717, 1.165) is 76.5 Å². The molecule has 27 heavy (non-hydrogen) atoms. The predicted octanol–water partition coefficient (Wildman–Crippen LogP) is 2.84. The molecule has 0 aliphatic carbocycles. The second-order valence-electron chi connectivity index (χ2n) is 7.45. The number of aromatic nitrogens is 3. The Morgan fingerprint density at radius 2 is 2.00 bits per heavy atom. The van der Waals surface area contributed by atoms with E-state index in [0.29, 0.717) is 17.4 Å². The first-order valence-electron chi connectivity index (χ1n) is 9.89. The van der Waals surface area contributed by atoms with Crippen LogP contribution in [0.3, 0.4) is 0 Å². The molecule has 4 rings (SSSR count). The summed E-state index contributed by atoms with van der Waals surface area (Å²) >= 11 is 0. The van der Waals surface area contributed by atoms with E-state index in [4.69, 9.17) is 9.26 Å². The molecule has 4 heterocycles. The summed E-state index contributed by atoms with van der Waals surface area (Å²) in [4.78, 5) is 23.1. The number of hydrogen-bond donors (Lipinski definition) is 0. The van der Waals surface area contributed by atoms with Gasteiger partial charge in [0.05, 0.1) is 5.56 Å². The average molecular weight is 370 g/mol. The molecule has 2 saturated heterocycles. The number of carbonyl (C=O) groups excluding carboxylic acids is 1. The monoisotopic (exact) mass is 370 g/mol. The van der Waals surface area contributed by atoms with Gasteiger partial charge in [0.1, 0.15) is 0 Å². The van der Waals surface area contributed by atoms with Crippen LogP contribution in [0, 0.1) is 5.92 Å². The molecule has 0 saturated carbocycles. The Morgan fingerprint density at radius 3 is 2.74 bits per heavy atom.